The van der Waals surface area contributed by atoms with Crippen molar-refractivity contribution in [2.24, 2.45) is 0 Å². The lowest BCUT2D eigenvalue weighted by Crippen LogP contribution is -2.06. The highest BCUT2D eigenvalue weighted by molar-refractivity contribution is 9.10. The van der Waals surface area contributed by atoms with Gasteiger partial charge in [-0.2, -0.15) is 5.10 Å². The molecule has 0 bridgehead atoms. The minimum atomic E-state index is 0.228. The number of rotatable bonds is 3. The summed E-state index contributed by atoms with van der Waals surface area (Å²) in [5, 5.41) is 11.8. The largest absolute Gasteiger partial charge is 0.377 e. The first-order valence-corrected chi connectivity index (χ1v) is 6.97. The molecule has 4 heteroatoms. The molecular weight excluding hydrogens is 302 g/mol. The molecule has 1 heterocycles. The zero-order chi connectivity index (χ0) is 13.2. The molecule has 3 nitrogen and oxygen atoms in total. The standard InChI is InChI=1S/C15H14BrN3/c1-10(11-4-2-6-13(16)8-11)18-14-7-3-5-12-9-17-19-15(12)14/h2-10,18H,1H3,(H,17,19). The fourth-order valence-electron chi connectivity index (χ4n) is 2.18. The van der Waals surface area contributed by atoms with Crippen LogP contribution in [0.2, 0.25) is 0 Å². The fourth-order valence-corrected chi connectivity index (χ4v) is 2.60. The van der Waals surface area contributed by atoms with Gasteiger partial charge in [0.25, 0.3) is 0 Å². The van der Waals surface area contributed by atoms with Gasteiger partial charge >= 0.3 is 0 Å². The van der Waals surface area contributed by atoms with Crippen LogP contribution in [0.15, 0.2) is 53.1 Å². The molecule has 0 amide bonds. The summed E-state index contributed by atoms with van der Waals surface area (Å²) in [6.07, 6.45) is 1.84. The van der Waals surface area contributed by atoms with Crippen LogP contribution in [-0.2, 0) is 0 Å². The first kappa shape index (κ1) is 12.2. The van der Waals surface area contributed by atoms with Crippen LogP contribution in [0.4, 0.5) is 5.69 Å². The molecule has 19 heavy (non-hydrogen) atoms. The molecule has 3 aromatic rings. The van der Waals surface area contributed by atoms with Crippen LogP contribution in [0.3, 0.4) is 0 Å². The number of anilines is 1. The van der Waals surface area contributed by atoms with Gasteiger partial charge in [-0.1, -0.05) is 40.2 Å². The Morgan fingerprint density at radius 2 is 2.05 bits per heavy atom. The summed E-state index contributed by atoms with van der Waals surface area (Å²) < 4.78 is 1.10. The molecule has 1 aromatic heterocycles. The number of hydrogen-bond acceptors (Lipinski definition) is 2. The molecule has 0 aliphatic heterocycles. The van der Waals surface area contributed by atoms with E-state index >= 15 is 0 Å². The molecule has 0 aliphatic rings. The van der Waals surface area contributed by atoms with Crippen molar-refractivity contribution in [3.05, 3.63) is 58.7 Å². The number of aromatic nitrogens is 2. The number of fused-ring (bicyclic) bond motifs is 1. The monoisotopic (exact) mass is 315 g/mol. The van der Waals surface area contributed by atoms with E-state index in [-0.39, 0.29) is 6.04 Å². The Balaban J connectivity index is 1.90. The van der Waals surface area contributed by atoms with E-state index in [0.717, 1.165) is 21.1 Å². The minimum absolute atomic E-state index is 0.228. The lowest BCUT2D eigenvalue weighted by atomic mass is 10.1. The van der Waals surface area contributed by atoms with Gasteiger partial charge in [0.2, 0.25) is 0 Å². The van der Waals surface area contributed by atoms with Crippen molar-refractivity contribution < 1.29 is 0 Å². The lowest BCUT2D eigenvalue weighted by molar-refractivity contribution is 0.884. The topological polar surface area (TPSA) is 40.7 Å². The number of nitrogens with zero attached hydrogens (tertiary/aromatic N) is 1. The van der Waals surface area contributed by atoms with Crippen LogP contribution in [0.25, 0.3) is 10.9 Å². The lowest BCUT2D eigenvalue weighted by Gasteiger charge is -2.16. The molecular formula is C15H14BrN3. The van der Waals surface area contributed by atoms with Crippen LogP contribution in [0.5, 0.6) is 0 Å². The maximum Gasteiger partial charge on any atom is 0.0881 e. The maximum absolute atomic E-state index is 4.08. The Morgan fingerprint density at radius 3 is 2.89 bits per heavy atom. The molecule has 3 rings (SSSR count). The van der Waals surface area contributed by atoms with Crippen molar-refractivity contribution >= 4 is 32.5 Å². The van der Waals surface area contributed by atoms with Crippen molar-refractivity contribution in [2.45, 2.75) is 13.0 Å². The van der Waals surface area contributed by atoms with Gasteiger partial charge in [0.05, 0.1) is 17.4 Å². The molecule has 0 saturated heterocycles. The Morgan fingerprint density at radius 1 is 1.21 bits per heavy atom. The number of nitrogens with one attached hydrogen (secondary N) is 2. The minimum Gasteiger partial charge on any atom is -0.377 e. The number of aromatic amines is 1. The van der Waals surface area contributed by atoms with E-state index in [1.54, 1.807) is 0 Å². The third kappa shape index (κ3) is 2.49. The SMILES string of the molecule is CC(Nc1cccc2cn[nH]c12)c1cccc(Br)c1. The third-order valence-corrected chi connectivity index (χ3v) is 3.69. The van der Waals surface area contributed by atoms with Crippen LogP contribution in [0.1, 0.15) is 18.5 Å². The second-order valence-corrected chi connectivity index (χ2v) is 5.48. The van der Waals surface area contributed by atoms with Crippen molar-refractivity contribution in [3.63, 3.8) is 0 Å². The predicted molar refractivity (Wildman–Crippen MR) is 82.3 cm³/mol. The van der Waals surface area contributed by atoms with Gasteiger partial charge in [-0.05, 0) is 30.7 Å². The second-order valence-electron chi connectivity index (χ2n) is 4.56. The molecule has 2 aromatic carbocycles. The van der Waals surface area contributed by atoms with Crippen LogP contribution in [0, 0.1) is 0 Å². The van der Waals surface area contributed by atoms with Crippen LogP contribution >= 0.6 is 15.9 Å². The van der Waals surface area contributed by atoms with E-state index in [4.69, 9.17) is 0 Å². The van der Waals surface area contributed by atoms with E-state index in [9.17, 15) is 0 Å². The molecule has 1 unspecified atom stereocenters. The number of hydrogen-bond donors (Lipinski definition) is 2. The van der Waals surface area contributed by atoms with E-state index < -0.39 is 0 Å². The van der Waals surface area contributed by atoms with Gasteiger partial charge in [0.1, 0.15) is 0 Å². The van der Waals surface area contributed by atoms with E-state index in [1.807, 2.05) is 30.5 Å². The maximum atomic E-state index is 4.08. The number of H-pyrrole nitrogens is 1. The smallest absolute Gasteiger partial charge is 0.0881 e. The van der Waals surface area contributed by atoms with Gasteiger partial charge in [-0.15, -0.1) is 0 Å². The van der Waals surface area contributed by atoms with Crippen LogP contribution < -0.4 is 5.32 Å². The van der Waals surface area contributed by atoms with Crippen molar-refractivity contribution in [1.82, 2.24) is 10.2 Å². The molecule has 0 saturated carbocycles. The molecule has 0 radical (unpaired) electrons. The van der Waals surface area contributed by atoms with Gasteiger partial charge in [0, 0.05) is 15.9 Å². The van der Waals surface area contributed by atoms with Gasteiger partial charge < -0.3 is 5.32 Å². The molecule has 1 atom stereocenters. The average Bonchev–Trinajstić information content (AvgIpc) is 2.88. The van der Waals surface area contributed by atoms with E-state index in [1.165, 1.54) is 5.56 Å². The van der Waals surface area contributed by atoms with Crippen LogP contribution in [-0.4, -0.2) is 10.2 Å². The molecule has 0 fully saturated rings. The summed E-state index contributed by atoms with van der Waals surface area (Å²) in [7, 11) is 0. The second kappa shape index (κ2) is 5.05. The average molecular weight is 316 g/mol. The number of para-hydroxylation sites is 1. The fraction of sp³-hybridized carbons (Fsp3) is 0.133. The van der Waals surface area contributed by atoms with E-state index in [2.05, 4.69) is 56.6 Å². The summed E-state index contributed by atoms with van der Waals surface area (Å²) in [6, 6.07) is 14.7. The molecule has 0 spiro atoms. The summed E-state index contributed by atoms with van der Waals surface area (Å²) in [4.78, 5) is 0. The third-order valence-electron chi connectivity index (χ3n) is 3.20. The zero-order valence-electron chi connectivity index (χ0n) is 10.5. The van der Waals surface area contributed by atoms with Crippen molar-refractivity contribution in [3.8, 4) is 0 Å². The molecule has 0 aliphatic carbocycles. The summed E-state index contributed by atoms with van der Waals surface area (Å²) in [5.74, 6) is 0. The Labute approximate surface area is 120 Å². The zero-order valence-corrected chi connectivity index (χ0v) is 12.1. The first-order chi connectivity index (χ1) is 9.24. The highest BCUT2D eigenvalue weighted by atomic mass is 79.9. The number of benzene rings is 2. The van der Waals surface area contributed by atoms with Gasteiger partial charge in [-0.3, -0.25) is 5.10 Å². The Kier molecular flexibility index (Phi) is 3.25. The summed E-state index contributed by atoms with van der Waals surface area (Å²) >= 11 is 3.51. The Hall–Kier alpha value is -1.81. The first-order valence-electron chi connectivity index (χ1n) is 6.18. The van der Waals surface area contributed by atoms with Crippen molar-refractivity contribution in [2.75, 3.05) is 5.32 Å². The van der Waals surface area contributed by atoms with E-state index in [0.29, 0.717) is 0 Å². The van der Waals surface area contributed by atoms with Gasteiger partial charge in [-0.25, -0.2) is 0 Å². The summed E-state index contributed by atoms with van der Waals surface area (Å²) in [6.45, 7) is 2.15. The van der Waals surface area contributed by atoms with Gasteiger partial charge in [0.15, 0.2) is 0 Å². The molecule has 96 valence electrons. The summed E-state index contributed by atoms with van der Waals surface area (Å²) in [5.41, 5.74) is 3.36. The highest BCUT2D eigenvalue weighted by Crippen LogP contribution is 2.26. The number of halogens is 1. The predicted octanol–water partition coefficient (Wildman–Crippen LogP) is 4.50. The highest BCUT2D eigenvalue weighted by Gasteiger charge is 2.08. The quantitative estimate of drug-likeness (QED) is 0.747. The van der Waals surface area contributed by atoms with Crippen molar-refractivity contribution in [1.29, 1.82) is 0 Å². The molecule has 2 N–H and O–H groups in total. The Bertz CT molecular complexity index is 705. The normalized spacial score (nSPS) is 12.5.